The topological polar surface area (TPSA) is 88.5 Å². The van der Waals surface area contributed by atoms with Gasteiger partial charge < -0.3 is 9.84 Å². The zero-order valence-corrected chi connectivity index (χ0v) is 15.2. The number of amides is 2. The first-order chi connectivity index (χ1) is 12.5. The van der Waals surface area contributed by atoms with Gasteiger partial charge in [0.1, 0.15) is 5.75 Å². The van der Waals surface area contributed by atoms with Gasteiger partial charge in [0, 0.05) is 18.3 Å². The Bertz CT molecular complexity index is 775. The molecule has 136 valence electrons. The van der Waals surface area contributed by atoms with E-state index in [2.05, 4.69) is 10.3 Å². The number of rotatable bonds is 7. The van der Waals surface area contributed by atoms with Gasteiger partial charge >= 0.3 is 0 Å². The van der Waals surface area contributed by atoms with E-state index in [1.807, 2.05) is 36.4 Å². The average molecular weight is 372 g/mol. The molecule has 2 N–H and O–H groups in total. The van der Waals surface area contributed by atoms with Crippen molar-refractivity contribution in [2.75, 3.05) is 6.61 Å². The summed E-state index contributed by atoms with van der Waals surface area (Å²) >= 11 is 1.03. The second kappa shape index (κ2) is 8.33. The summed E-state index contributed by atoms with van der Waals surface area (Å²) in [5.74, 6) is 0.517. The van der Waals surface area contributed by atoms with Gasteiger partial charge in [0.05, 0.1) is 18.0 Å². The first-order valence-electron chi connectivity index (χ1n) is 8.37. The van der Waals surface area contributed by atoms with E-state index >= 15 is 0 Å². The number of nitrogens with zero attached hydrogens (tertiary/aromatic N) is 1. The third-order valence-electron chi connectivity index (χ3n) is 4.07. The SMILES string of the molecule is CC(O)c1ccc(CCOc2ccc(C[C@@H]3SC(=O)NC3=O)cc2)nc1. The van der Waals surface area contributed by atoms with Crippen LogP contribution < -0.4 is 10.1 Å². The third-order valence-corrected chi connectivity index (χ3v) is 5.05. The summed E-state index contributed by atoms with van der Waals surface area (Å²) in [7, 11) is 0. The van der Waals surface area contributed by atoms with E-state index in [0.29, 0.717) is 19.4 Å². The lowest BCUT2D eigenvalue weighted by Gasteiger charge is -2.09. The number of benzene rings is 1. The second-order valence-corrected chi connectivity index (χ2v) is 7.26. The molecule has 1 saturated heterocycles. The minimum Gasteiger partial charge on any atom is -0.493 e. The third kappa shape index (κ3) is 4.83. The Balaban J connectivity index is 1.47. The van der Waals surface area contributed by atoms with Crippen molar-refractivity contribution in [3.63, 3.8) is 0 Å². The number of nitrogens with one attached hydrogen (secondary N) is 1. The van der Waals surface area contributed by atoms with E-state index in [1.54, 1.807) is 13.1 Å². The van der Waals surface area contributed by atoms with Gasteiger partial charge in [0.15, 0.2) is 0 Å². The van der Waals surface area contributed by atoms with Gasteiger partial charge in [-0.05, 0) is 42.7 Å². The van der Waals surface area contributed by atoms with Crippen molar-refractivity contribution in [3.05, 3.63) is 59.4 Å². The van der Waals surface area contributed by atoms with Crippen molar-refractivity contribution in [1.82, 2.24) is 10.3 Å². The van der Waals surface area contributed by atoms with E-state index in [-0.39, 0.29) is 16.4 Å². The van der Waals surface area contributed by atoms with Crippen LogP contribution in [0.2, 0.25) is 0 Å². The number of ether oxygens (including phenoxy) is 1. The van der Waals surface area contributed by atoms with Crippen molar-refractivity contribution in [3.8, 4) is 5.75 Å². The van der Waals surface area contributed by atoms with Crippen molar-refractivity contribution in [2.24, 2.45) is 0 Å². The molecule has 26 heavy (non-hydrogen) atoms. The number of hydrogen-bond donors (Lipinski definition) is 2. The predicted molar refractivity (Wildman–Crippen MR) is 99.1 cm³/mol. The van der Waals surface area contributed by atoms with Crippen molar-refractivity contribution < 1.29 is 19.4 Å². The molecule has 2 heterocycles. The minimum absolute atomic E-state index is 0.227. The second-order valence-electron chi connectivity index (χ2n) is 6.09. The number of imide groups is 1. The number of carbonyl (C=O) groups is 2. The van der Waals surface area contributed by atoms with Crippen LogP contribution in [0.5, 0.6) is 5.75 Å². The molecule has 0 aliphatic carbocycles. The van der Waals surface area contributed by atoms with Crippen molar-refractivity contribution in [2.45, 2.75) is 31.1 Å². The van der Waals surface area contributed by atoms with Gasteiger partial charge in [-0.2, -0.15) is 0 Å². The summed E-state index contributed by atoms with van der Waals surface area (Å²) in [6.45, 7) is 2.20. The van der Waals surface area contributed by atoms with Crippen LogP contribution in [0.1, 0.15) is 29.8 Å². The fraction of sp³-hybridized carbons (Fsp3) is 0.316. The highest BCUT2D eigenvalue weighted by Gasteiger charge is 2.31. The Kier molecular flexibility index (Phi) is 5.90. The average Bonchev–Trinajstić information content (AvgIpc) is 2.94. The number of pyridine rings is 1. The summed E-state index contributed by atoms with van der Waals surface area (Å²) < 4.78 is 5.72. The molecule has 1 fully saturated rings. The quantitative estimate of drug-likeness (QED) is 0.777. The summed E-state index contributed by atoms with van der Waals surface area (Å²) in [6, 6.07) is 11.3. The van der Waals surface area contributed by atoms with Crippen molar-refractivity contribution in [1.29, 1.82) is 0 Å². The number of aliphatic hydroxyl groups is 1. The standard InChI is InChI=1S/C19H20N2O4S/c1-12(22)14-4-5-15(20-11-14)8-9-25-16-6-2-13(3-7-16)10-17-18(23)21-19(24)26-17/h2-7,11-12,17,22H,8-10H2,1H3,(H,21,23,24)/t12?,17-/m0/s1. The lowest BCUT2D eigenvalue weighted by atomic mass is 10.1. The molecule has 0 radical (unpaired) electrons. The van der Waals surface area contributed by atoms with E-state index in [9.17, 15) is 14.7 Å². The van der Waals surface area contributed by atoms with Crippen LogP contribution in [0.15, 0.2) is 42.6 Å². The Morgan fingerprint density at radius 3 is 2.58 bits per heavy atom. The predicted octanol–water partition coefficient (Wildman–Crippen LogP) is 2.65. The Hall–Kier alpha value is -2.38. The number of hydrogen-bond acceptors (Lipinski definition) is 6. The van der Waals surface area contributed by atoms with Crippen LogP contribution in [0.25, 0.3) is 0 Å². The molecule has 2 amide bonds. The van der Waals surface area contributed by atoms with Gasteiger partial charge in [-0.15, -0.1) is 0 Å². The lowest BCUT2D eigenvalue weighted by Crippen LogP contribution is -2.25. The molecule has 0 spiro atoms. The molecule has 0 saturated carbocycles. The van der Waals surface area contributed by atoms with Gasteiger partial charge in [-0.1, -0.05) is 30.0 Å². The fourth-order valence-electron chi connectivity index (χ4n) is 2.57. The molecule has 3 rings (SSSR count). The molecule has 1 aromatic heterocycles. The van der Waals surface area contributed by atoms with Gasteiger partial charge in [-0.25, -0.2) is 0 Å². The molecular formula is C19H20N2O4S. The monoisotopic (exact) mass is 372 g/mol. The highest BCUT2D eigenvalue weighted by atomic mass is 32.2. The Morgan fingerprint density at radius 2 is 2.00 bits per heavy atom. The first kappa shape index (κ1) is 18.4. The number of aromatic nitrogens is 1. The largest absolute Gasteiger partial charge is 0.493 e. The van der Waals surface area contributed by atoms with Gasteiger partial charge in [0.25, 0.3) is 5.24 Å². The number of aliphatic hydroxyl groups excluding tert-OH is 1. The minimum atomic E-state index is -0.516. The molecule has 1 aliphatic heterocycles. The molecule has 1 aromatic carbocycles. The summed E-state index contributed by atoms with van der Waals surface area (Å²) in [6.07, 6.45) is 2.35. The summed E-state index contributed by atoms with van der Waals surface area (Å²) in [5, 5.41) is 11.1. The highest BCUT2D eigenvalue weighted by Crippen LogP contribution is 2.24. The van der Waals surface area contributed by atoms with E-state index < -0.39 is 6.10 Å². The van der Waals surface area contributed by atoms with Crippen molar-refractivity contribution >= 4 is 22.9 Å². The zero-order valence-electron chi connectivity index (χ0n) is 14.3. The first-order valence-corrected chi connectivity index (χ1v) is 9.25. The Morgan fingerprint density at radius 1 is 1.23 bits per heavy atom. The van der Waals surface area contributed by atoms with Crippen LogP contribution in [0.3, 0.4) is 0 Å². The molecule has 1 unspecified atom stereocenters. The van der Waals surface area contributed by atoms with Gasteiger partial charge in [-0.3, -0.25) is 19.9 Å². The summed E-state index contributed by atoms with van der Waals surface area (Å²) in [5.41, 5.74) is 2.68. The van der Waals surface area contributed by atoms with Gasteiger partial charge in [0.2, 0.25) is 5.91 Å². The molecule has 0 bridgehead atoms. The lowest BCUT2D eigenvalue weighted by molar-refractivity contribution is -0.118. The van der Waals surface area contributed by atoms with Crippen LogP contribution in [-0.4, -0.2) is 33.1 Å². The normalized spacial score (nSPS) is 17.8. The number of carbonyl (C=O) groups excluding carboxylic acids is 2. The molecule has 2 atom stereocenters. The maximum absolute atomic E-state index is 11.6. The van der Waals surface area contributed by atoms with E-state index in [1.165, 1.54) is 0 Å². The van der Waals surface area contributed by atoms with Crippen LogP contribution >= 0.6 is 11.8 Å². The van der Waals surface area contributed by atoms with Crippen LogP contribution in [0.4, 0.5) is 4.79 Å². The molecular weight excluding hydrogens is 352 g/mol. The van der Waals surface area contributed by atoms with Crippen LogP contribution in [-0.2, 0) is 17.6 Å². The maximum Gasteiger partial charge on any atom is 0.286 e. The molecule has 2 aromatic rings. The molecule has 6 nitrogen and oxygen atoms in total. The van der Waals surface area contributed by atoms with Crippen LogP contribution in [0, 0.1) is 0 Å². The highest BCUT2D eigenvalue weighted by molar-refractivity contribution is 8.15. The fourth-order valence-corrected chi connectivity index (χ4v) is 3.43. The smallest absolute Gasteiger partial charge is 0.286 e. The molecule has 7 heteroatoms. The summed E-state index contributed by atoms with van der Waals surface area (Å²) in [4.78, 5) is 27.1. The van der Waals surface area contributed by atoms with E-state index in [4.69, 9.17) is 4.74 Å². The Labute approximate surface area is 156 Å². The number of thioether (sulfide) groups is 1. The maximum atomic E-state index is 11.6. The van der Waals surface area contributed by atoms with E-state index in [0.717, 1.165) is 34.3 Å². The zero-order chi connectivity index (χ0) is 18.5. The molecule has 1 aliphatic rings.